The highest BCUT2D eigenvalue weighted by molar-refractivity contribution is 5.97. The molecule has 1 aliphatic rings. The van der Waals surface area contributed by atoms with E-state index in [1.807, 2.05) is 24.3 Å². The van der Waals surface area contributed by atoms with Crippen LogP contribution in [0.4, 0.5) is 5.69 Å². The maximum absolute atomic E-state index is 12.7. The van der Waals surface area contributed by atoms with Gasteiger partial charge in [-0.05, 0) is 38.1 Å². The van der Waals surface area contributed by atoms with Crippen LogP contribution in [0.1, 0.15) is 12.8 Å². The van der Waals surface area contributed by atoms with Gasteiger partial charge in [-0.25, -0.2) is 9.67 Å². The molecule has 1 aromatic carbocycles. The average molecular weight is 345 g/mol. The van der Waals surface area contributed by atoms with E-state index in [9.17, 15) is 4.79 Å². The average Bonchev–Trinajstić information content (AvgIpc) is 3.16. The van der Waals surface area contributed by atoms with Crippen LogP contribution in [0.15, 0.2) is 36.9 Å². The van der Waals surface area contributed by atoms with Crippen molar-refractivity contribution < 1.29 is 14.3 Å². The molecular weight excluding hydrogens is 322 g/mol. The molecule has 0 bridgehead atoms. The number of ether oxygens (including phenoxy) is 2. The highest BCUT2D eigenvalue weighted by Crippen LogP contribution is 2.25. The maximum Gasteiger partial charge on any atom is 0.256 e. The zero-order chi connectivity index (χ0) is 17.5. The van der Waals surface area contributed by atoms with Crippen molar-refractivity contribution in [3.63, 3.8) is 0 Å². The number of benzene rings is 1. The lowest BCUT2D eigenvalue weighted by Gasteiger charge is -2.34. The highest BCUT2D eigenvalue weighted by atomic mass is 16.5. The lowest BCUT2D eigenvalue weighted by molar-refractivity contribution is -0.140. The second kappa shape index (κ2) is 8.09. The summed E-state index contributed by atoms with van der Waals surface area (Å²) in [6.07, 6.45) is 4.44. The summed E-state index contributed by atoms with van der Waals surface area (Å²) in [5.41, 5.74) is -0.0759. The van der Waals surface area contributed by atoms with E-state index < -0.39 is 5.60 Å². The lowest BCUT2D eigenvalue weighted by atomic mass is 9.91. The summed E-state index contributed by atoms with van der Waals surface area (Å²) >= 11 is 0. The molecule has 2 heterocycles. The fraction of sp³-hybridized carbons (Fsp3) is 0.471. The summed E-state index contributed by atoms with van der Waals surface area (Å²) in [5, 5.41) is 10.2. The minimum absolute atomic E-state index is 0.115. The van der Waals surface area contributed by atoms with Gasteiger partial charge >= 0.3 is 0 Å². The van der Waals surface area contributed by atoms with Crippen molar-refractivity contribution in [3.05, 3.63) is 36.9 Å². The Morgan fingerprint density at radius 1 is 1.40 bits per heavy atom. The molecule has 0 saturated carbocycles. The Morgan fingerprint density at radius 2 is 2.24 bits per heavy atom. The molecule has 1 aromatic heterocycles. The molecule has 0 radical (unpaired) electrons. The first-order valence-electron chi connectivity index (χ1n) is 8.34. The van der Waals surface area contributed by atoms with Crippen LogP contribution < -0.4 is 15.4 Å². The van der Waals surface area contributed by atoms with Gasteiger partial charge in [0.05, 0.1) is 6.54 Å². The summed E-state index contributed by atoms with van der Waals surface area (Å²) in [6.45, 7) is 2.62. The van der Waals surface area contributed by atoms with Gasteiger partial charge in [0.1, 0.15) is 30.6 Å². The Kier molecular flexibility index (Phi) is 5.62. The van der Waals surface area contributed by atoms with Crippen LogP contribution in [0.25, 0.3) is 0 Å². The van der Waals surface area contributed by atoms with Gasteiger partial charge in [0.25, 0.3) is 5.91 Å². The number of anilines is 1. The summed E-state index contributed by atoms with van der Waals surface area (Å²) in [5.74, 6) is 0.575. The Hall–Kier alpha value is -2.45. The smallest absolute Gasteiger partial charge is 0.256 e. The van der Waals surface area contributed by atoms with Crippen LogP contribution in [0.3, 0.4) is 0 Å². The van der Waals surface area contributed by atoms with E-state index in [0.717, 1.165) is 13.1 Å². The fourth-order valence-corrected chi connectivity index (χ4v) is 2.87. The van der Waals surface area contributed by atoms with Crippen LogP contribution in [-0.4, -0.2) is 53.1 Å². The third kappa shape index (κ3) is 4.34. The number of nitrogens with zero attached hydrogens (tertiary/aromatic N) is 3. The molecule has 0 atom stereocenters. The number of hydrogen-bond donors (Lipinski definition) is 2. The predicted molar refractivity (Wildman–Crippen MR) is 92.4 cm³/mol. The third-order valence-electron chi connectivity index (χ3n) is 4.36. The number of amides is 1. The fourth-order valence-electron chi connectivity index (χ4n) is 2.87. The van der Waals surface area contributed by atoms with Gasteiger partial charge in [-0.2, -0.15) is 5.10 Å². The summed E-state index contributed by atoms with van der Waals surface area (Å²) < 4.78 is 13.0. The number of methoxy groups -OCH3 is 1. The molecule has 0 unspecified atom stereocenters. The van der Waals surface area contributed by atoms with E-state index in [2.05, 4.69) is 20.7 Å². The van der Waals surface area contributed by atoms with Gasteiger partial charge in [-0.1, -0.05) is 6.07 Å². The van der Waals surface area contributed by atoms with Crippen molar-refractivity contribution in [1.82, 2.24) is 20.1 Å². The Labute approximate surface area is 146 Å². The Bertz CT molecular complexity index is 683. The van der Waals surface area contributed by atoms with Gasteiger partial charge < -0.3 is 20.1 Å². The summed E-state index contributed by atoms with van der Waals surface area (Å²) in [4.78, 5) is 16.6. The van der Waals surface area contributed by atoms with Crippen LogP contribution >= 0.6 is 0 Å². The number of rotatable bonds is 7. The molecule has 2 N–H and O–H groups in total. The zero-order valence-corrected chi connectivity index (χ0v) is 14.3. The minimum Gasteiger partial charge on any atom is -0.492 e. The second-order valence-electron chi connectivity index (χ2n) is 5.94. The van der Waals surface area contributed by atoms with E-state index in [1.54, 1.807) is 18.1 Å². The van der Waals surface area contributed by atoms with Crippen LogP contribution in [0, 0.1) is 0 Å². The highest BCUT2D eigenvalue weighted by Gasteiger charge is 2.39. The Balaban J connectivity index is 1.58. The largest absolute Gasteiger partial charge is 0.492 e. The second-order valence-corrected chi connectivity index (χ2v) is 5.94. The molecule has 8 nitrogen and oxygen atoms in total. The van der Waals surface area contributed by atoms with Crippen molar-refractivity contribution >= 4 is 11.6 Å². The first kappa shape index (κ1) is 17.4. The first-order chi connectivity index (χ1) is 12.2. The van der Waals surface area contributed by atoms with Crippen molar-refractivity contribution in [3.8, 4) is 5.75 Å². The molecular formula is C17H23N5O3. The summed E-state index contributed by atoms with van der Waals surface area (Å²) in [6, 6.07) is 7.35. The number of hydrogen-bond acceptors (Lipinski definition) is 6. The van der Waals surface area contributed by atoms with Crippen LogP contribution in [0.2, 0.25) is 0 Å². The predicted octanol–water partition coefficient (Wildman–Crippen LogP) is 1.06. The van der Waals surface area contributed by atoms with E-state index in [-0.39, 0.29) is 5.91 Å². The molecule has 3 rings (SSSR count). The number of carbonyl (C=O) groups is 1. The van der Waals surface area contributed by atoms with E-state index in [0.29, 0.717) is 37.4 Å². The van der Waals surface area contributed by atoms with Crippen molar-refractivity contribution in [1.29, 1.82) is 0 Å². The monoisotopic (exact) mass is 345 g/mol. The van der Waals surface area contributed by atoms with Gasteiger partial charge in [0, 0.05) is 18.9 Å². The number of carbonyl (C=O) groups excluding carboxylic acids is 1. The van der Waals surface area contributed by atoms with Crippen molar-refractivity contribution in [2.45, 2.75) is 25.0 Å². The van der Waals surface area contributed by atoms with E-state index >= 15 is 0 Å². The standard InChI is InChI=1S/C17H23N5O3/c1-24-17(5-7-18-8-6-17)16(23)21-14-3-2-4-15(11-14)25-10-9-22-13-19-12-20-22/h2-4,11-13,18H,5-10H2,1H3,(H,21,23). The molecule has 1 amide bonds. The lowest BCUT2D eigenvalue weighted by Crippen LogP contribution is -2.51. The molecule has 1 saturated heterocycles. The SMILES string of the molecule is COC1(C(=O)Nc2cccc(OCCn3cncn3)c2)CCNCC1. The molecule has 1 fully saturated rings. The summed E-state index contributed by atoms with van der Waals surface area (Å²) in [7, 11) is 1.59. The quantitative estimate of drug-likeness (QED) is 0.780. The Morgan fingerprint density at radius 3 is 2.96 bits per heavy atom. The van der Waals surface area contributed by atoms with Crippen LogP contribution in [0.5, 0.6) is 5.75 Å². The van der Waals surface area contributed by atoms with Crippen molar-refractivity contribution in [2.75, 3.05) is 32.1 Å². The van der Waals surface area contributed by atoms with E-state index in [4.69, 9.17) is 9.47 Å². The molecule has 1 aliphatic heterocycles. The van der Waals surface area contributed by atoms with Gasteiger partial charge in [0.2, 0.25) is 0 Å². The third-order valence-corrected chi connectivity index (χ3v) is 4.36. The molecule has 134 valence electrons. The minimum atomic E-state index is -0.769. The first-order valence-corrected chi connectivity index (χ1v) is 8.34. The van der Waals surface area contributed by atoms with Gasteiger partial charge in [-0.3, -0.25) is 4.79 Å². The normalized spacial score (nSPS) is 16.4. The van der Waals surface area contributed by atoms with Gasteiger partial charge in [-0.15, -0.1) is 0 Å². The molecule has 0 spiro atoms. The van der Waals surface area contributed by atoms with Crippen LogP contribution in [-0.2, 0) is 16.1 Å². The molecule has 0 aliphatic carbocycles. The number of nitrogens with one attached hydrogen (secondary N) is 2. The van der Waals surface area contributed by atoms with E-state index in [1.165, 1.54) is 6.33 Å². The topological polar surface area (TPSA) is 90.3 Å². The number of aromatic nitrogens is 3. The maximum atomic E-state index is 12.7. The molecule has 25 heavy (non-hydrogen) atoms. The zero-order valence-electron chi connectivity index (χ0n) is 14.3. The molecule has 8 heteroatoms. The number of piperidine rings is 1. The van der Waals surface area contributed by atoms with Gasteiger partial charge in [0.15, 0.2) is 0 Å². The van der Waals surface area contributed by atoms with Crippen molar-refractivity contribution in [2.24, 2.45) is 0 Å². The molecule has 2 aromatic rings.